The average Bonchev–Trinajstić information content (AvgIpc) is 3.47. The Morgan fingerprint density at radius 2 is 2.00 bits per heavy atom. The summed E-state index contributed by atoms with van der Waals surface area (Å²) in [6.07, 6.45) is 5.39. The molecule has 1 amide bonds. The molecule has 176 valence electrons. The molecule has 0 spiro atoms. The van der Waals surface area contributed by atoms with Gasteiger partial charge in [0.15, 0.2) is 11.5 Å². The number of benzene rings is 1. The molecule has 0 saturated heterocycles. The third-order valence-electron chi connectivity index (χ3n) is 5.08. The number of amides is 1. The number of hydrazone groups is 1. The molecule has 9 heteroatoms. The molecule has 0 atom stereocenters. The maximum Gasteiger partial charge on any atom is 0.283 e. The van der Waals surface area contributed by atoms with Crippen LogP contribution in [-0.2, 0) is 11.3 Å². The van der Waals surface area contributed by atoms with Crippen molar-refractivity contribution in [2.24, 2.45) is 5.10 Å². The summed E-state index contributed by atoms with van der Waals surface area (Å²) < 4.78 is 18.3. The van der Waals surface area contributed by atoms with Crippen LogP contribution in [0.4, 0.5) is 0 Å². The van der Waals surface area contributed by atoms with E-state index in [1.54, 1.807) is 26.5 Å². The van der Waals surface area contributed by atoms with E-state index in [-0.39, 0.29) is 5.91 Å². The molecule has 0 aliphatic rings. The van der Waals surface area contributed by atoms with Crippen molar-refractivity contribution in [3.8, 4) is 17.2 Å². The van der Waals surface area contributed by atoms with Gasteiger partial charge in [-0.25, -0.2) is 10.4 Å². The second-order valence-corrected chi connectivity index (χ2v) is 8.45. The van der Waals surface area contributed by atoms with Crippen LogP contribution in [0.15, 0.2) is 53.9 Å². The van der Waals surface area contributed by atoms with E-state index in [4.69, 9.17) is 14.2 Å². The molecule has 3 heterocycles. The summed E-state index contributed by atoms with van der Waals surface area (Å²) in [5, 5.41) is 5.08. The summed E-state index contributed by atoms with van der Waals surface area (Å²) in [4.78, 5) is 19.2. The Bertz CT molecular complexity index is 1330. The number of aromatic nitrogens is 2. The Labute approximate surface area is 201 Å². The van der Waals surface area contributed by atoms with Crippen LogP contribution in [0.5, 0.6) is 11.5 Å². The van der Waals surface area contributed by atoms with Crippen LogP contribution in [0.3, 0.4) is 0 Å². The Balaban J connectivity index is 1.67. The van der Waals surface area contributed by atoms with Crippen molar-refractivity contribution in [2.45, 2.75) is 20.5 Å². The highest BCUT2D eigenvalue weighted by atomic mass is 32.1. The molecule has 4 aromatic rings. The zero-order chi connectivity index (χ0) is 24.1. The lowest BCUT2D eigenvalue weighted by Gasteiger charge is -2.10. The number of hydrogen-bond donors (Lipinski definition) is 1. The number of pyridine rings is 1. The van der Waals surface area contributed by atoms with Gasteiger partial charge in [0, 0.05) is 30.6 Å². The first kappa shape index (κ1) is 23.5. The standard InChI is InChI=1S/C25H26N4O4S/c1-5-33-20-13-17(8-9-19(20)32-4)14-26-28-24(30)23-22(29-10-6-7-11-29)21-18(15-31-3)12-16(2)27-25(21)34-23/h6-14H,5,15H2,1-4H3,(H,28,30). The molecule has 3 aromatic heterocycles. The molecule has 1 aromatic carbocycles. The highest BCUT2D eigenvalue weighted by Crippen LogP contribution is 2.36. The molecule has 0 fully saturated rings. The molecule has 4 rings (SSSR count). The number of hydrogen-bond acceptors (Lipinski definition) is 7. The number of carbonyl (C=O) groups is 1. The summed E-state index contributed by atoms with van der Waals surface area (Å²) in [5.41, 5.74) is 6.04. The van der Waals surface area contributed by atoms with E-state index in [9.17, 15) is 4.79 Å². The lowest BCUT2D eigenvalue weighted by Crippen LogP contribution is -2.18. The maximum absolute atomic E-state index is 13.2. The van der Waals surface area contributed by atoms with Gasteiger partial charge in [-0.15, -0.1) is 11.3 Å². The Morgan fingerprint density at radius 3 is 2.71 bits per heavy atom. The fourth-order valence-electron chi connectivity index (χ4n) is 3.71. The van der Waals surface area contributed by atoms with Crippen LogP contribution >= 0.6 is 11.3 Å². The Morgan fingerprint density at radius 1 is 1.21 bits per heavy atom. The van der Waals surface area contributed by atoms with Crippen molar-refractivity contribution in [3.63, 3.8) is 0 Å². The maximum atomic E-state index is 13.2. The number of thiophene rings is 1. The van der Waals surface area contributed by atoms with Crippen LogP contribution in [0.25, 0.3) is 15.9 Å². The molecule has 0 saturated carbocycles. The van der Waals surface area contributed by atoms with Gasteiger partial charge < -0.3 is 18.8 Å². The quantitative estimate of drug-likeness (QED) is 0.278. The van der Waals surface area contributed by atoms with Gasteiger partial charge in [0.2, 0.25) is 0 Å². The summed E-state index contributed by atoms with van der Waals surface area (Å²) >= 11 is 1.33. The van der Waals surface area contributed by atoms with Gasteiger partial charge >= 0.3 is 0 Å². The SMILES string of the molecule is CCOc1cc(C=NNC(=O)c2sc3nc(C)cc(COC)c3c2-n2cccc2)ccc1OC. The topological polar surface area (TPSA) is 87.0 Å². The predicted octanol–water partition coefficient (Wildman–Crippen LogP) is 4.71. The van der Waals surface area contributed by atoms with Crippen LogP contribution in [0.2, 0.25) is 0 Å². The second-order valence-electron chi connectivity index (χ2n) is 7.45. The summed E-state index contributed by atoms with van der Waals surface area (Å²) in [5.74, 6) is 0.939. The molecule has 0 aliphatic heterocycles. The van der Waals surface area contributed by atoms with Crippen LogP contribution < -0.4 is 14.9 Å². The minimum atomic E-state index is -0.317. The molecule has 0 radical (unpaired) electrons. The minimum Gasteiger partial charge on any atom is -0.493 e. The number of fused-ring (bicyclic) bond motifs is 1. The fraction of sp³-hybridized carbons (Fsp3) is 0.240. The lowest BCUT2D eigenvalue weighted by molar-refractivity contribution is 0.0959. The normalized spacial score (nSPS) is 11.3. The second kappa shape index (κ2) is 10.5. The van der Waals surface area contributed by atoms with E-state index in [0.717, 1.165) is 32.7 Å². The summed E-state index contributed by atoms with van der Waals surface area (Å²) in [6.45, 7) is 4.77. The van der Waals surface area contributed by atoms with Crippen LogP contribution in [0, 0.1) is 6.92 Å². The zero-order valence-corrected chi connectivity index (χ0v) is 20.3. The number of aryl methyl sites for hydroxylation is 1. The van der Waals surface area contributed by atoms with Crippen molar-refractivity contribution in [2.75, 3.05) is 20.8 Å². The van der Waals surface area contributed by atoms with Crippen molar-refractivity contribution >= 4 is 33.7 Å². The van der Waals surface area contributed by atoms with Gasteiger partial charge in [-0.05, 0) is 61.4 Å². The van der Waals surface area contributed by atoms with Crippen molar-refractivity contribution in [1.82, 2.24) is 15.0 Å². The molecule has 0 unspecified atom stereocenters. The largest absolute Gasteiger partial charge is 0.493 e. The highest BCUT2D eigenvalue weighted by Gasteiger charge is 2.23. The van der Waals surface area contributed by atoms with Crippen LogP contribution in [0.1, 0.15) is 33.4 Å². The summed E-state index contributed by atoms with van der Waals surface area (Å²) in [7, 11) is 3.25. The van der Waals surface area contributed by atoms with Gasteiger partial charge in [0.05, 0.1) is 32.2 Å². The monoisotopic (exact) mass is 478 g/mol. The van der Waals surface area contributed by atoms with Crippen molar-refractivity contribution < 1.29 is 19.0 Å². The number of methoxy groups -OCH3 is 2. The summed E-state index contributed by atoms with van der Waals surface area (Å²) in [6, 6.07) is 11.3. The first-order chi connectivity index (χ1) is 16.5. The molecular weight excluding hydrogens is 452 g/mol. The van der Waals surface area contributed by atoms with E-state index in [0.29, 0.717) is 29.6 Å². The molecule has 34 heavy (non-hydrogen) atoms. The van der Waals surface area contributed by atoms with Gasteiger partial charge in [0.25, 0.3) is 5.91 Å². The first-order valence-electron chi connectivity index (χ1n) is 10.7. The van der Waals surface area contributed by atoms with Gasteiger partial charge in [-0.2, -0.15) is 5.10 Å². The van der Waals surface area contributed by atoms with Crippen LogP contribution in [-0.4, -0.2) is 42.5 Å². The zero-order valence-electron chi connectivity index (χ0n) is 19.5. The average molecular weight is 479 g/mol. The first-order valence-corrected chi connectivity index (χ1v) is 11.6. The molecule has 0 aliphatic carbocycles. The molecule has 1 N–H and O–H groups in total. The van der Waals surface area contributed by atoms with E-state index < -0.39 is 0 Å². The van der Waals surface area contributed by atoms with Crippen molar-refractivity contribution in [1.29, 1.82) is 0 Å². The van der Waals surface area contributed by atoms with E-state index in [2.05, 4.69) is 15.5 Å². The highest BCUT2D eigenvalue weighted by molar-refractivity contribution is 7.21. The Hall–Kier alpha value is -3.69. The van der Waals surface area contributed by atoms with E-state index >= 15 is 0 Å². The number of carbonyl (C=O) groups excluding carboxylic acids is 1. The predicted molar refractivity (Wildman–Crippen MR) is 134 cm³/mol. The van der Waals surface area contributed by atoms with Crippen molar-refractivity contribution in [3.05, 3.63) is 70.5 Å². The minimum absolute atomic E-state index is 0.317. The Kier molecular flexibility index (Phi) is 7.24. The van der Waals surface area contributed by atoms with E-state index in [1.807, 2.05) is 61.1 Å². The molecule has 0 bridgehead atoms. The third kappa shape index (κ3) is 4.80. The number of nitrogens with one attached hydrogen (secondary N) is 1. The number of nitrogens with zero attached hydrogens (tertiary/aromatic N) is 3. The molecular formula is C25H26N4O4S. The fourth-order valence-corrected chi connectivity index (χ4v) is 4.86. The van der Waals surface area contributed by atoms with Gasteiger partial charge in [-0.3, -0.25) is 4.79 Å². The number of rotatable bonds is 9. The molecule has 8 nitrogen and oxygen atoms in total. The lowest BCUT2D eigenvalue weighted by atomic mass is 10.1. The third-order valence-corrected chi connectivity index (χ3v) is 6.15. The van der Waals surface area contributed by atoms with E-state index in [1.165, 1.54) is 11.3 Å². The smallest absolute Gasteiger partial charge is 0.283 e. The van der Waals surface area contributed by atoms with Gasteiger partial charge in [-0.1, -0.05) is 0 Å². The van der Waals surface area contributed by atoms with Gasteiger partial charge in [0.1, 0.15) is 9.71 Å². The number of ether oxygens (including phenoxy) is 3.